The van der Waals surface area contributed by atoms with Gasteiger partial charge in [0, 0.05) is 24.3 Å². The number of benzene rings is 7. The average molecular weight is 1540 g/mol. The lowest BCUT2D eigenvalue weighted by atomic mass is 9.85. The van der Waals surface area contributed by atoms with Crippen molar-refractivity contribution in [2.75, 3.05) is 19.6 Å². The monoisotopic (exact) mass is 1530 g/mol. The SMILES string of the molecule is C1=CCC=C1.C=Cc1ccc(CC)cc1.C=Cc1ccc(CC)cc1.C=Cc1ccc(CC)cc1.Cc1cc(Cc2cc(C)c(N3C(=O)C4C5C=CC(C5)C4C3=O)c(C(C)C)c2)cc(C(C)C)c1N1C(=O)C2C3C=CC(C3)C2C1=O.Cc1cc(Cc2cc(C)c(N3C(=O)C=CC3=O)c(C(C)C)c2)cc(C(C)C)c1N1C(=O)C=CC1=O. The molecule has 9 aliphatic rings. The van der Waals surface area contributed by atoms with Crippen molar-refractivity contribution in [2.45, 2.75) is 179 Å². The predicted octanol–water partition coefficient (Wildman–Crippen LogP) is 21.9. The van der Waals surface area contributed by atoms with Crippen LogP contribution in [-0.2, 0) is 70.5 Å². The summed E-state index contributed by atoms with van der Waals surface area (Å²) in [4.78, 5) is 110. The molecule has 2 saturated heterocycles. The Morgan fingerprint density at radius 2 is 0.557 bits per heavy atom. The largest absolute Gasteiger partial charge is 0.274 e. The summed E-state index contributed by atoms with van der Waals surface area (Å²) < 4.78 is 0. The molecule has 2 saturated carbocycles. The van der Waals surface area contributed by atoms with E-state index < -0.39 is 0 Å². The van der Waals surface area contributed by atoms with Crippen LogP contribution in [0.2, 0.25) is 0 Å². The summed E-state index contributed by atoms with van der Waals surface area (Å²) in [6.45, 7) is 42.1. The number of allylic oxidation sites excluding steroid dienone is 8. The van der Waals surface area contributed by atoms with E-state index in [1.807, 2.05) is 58.1 Å². The van der Waals surface area contributed by atoms with Gasteiger partial charge in [-0.2, -0.15) is 0 Å². The lowest BCUT2D eigenvalue weighted by Crippen LogP contribution is -2.34. The normalized spacial score (nSPS) is 20.7. The topological polar surface area (TPSA) is 150 Å². The molecule has 8 atom stereocenters. The Morgan fingerprint density at radius 1 is 0.330 bits per heavy atom. The van der Waals surface area contributed by atoms with Crippen molar-refractivity contribution in [1.82, 2.24) is 0 Å². The first kappa shape index (κ1) is 84.7. The molecule has 0 radical (unpaired) electrons. The van der Waals surface area contributed by atoms with Crippen LogP contribution in [0.25, 0.3) is 18.2 Å². The molecule has 115 heavy (non-hydrogen) atoms. The number of amides is 8. The summed E-state index contributed by atoms with van der Waals surface area (Å²) in [6, 6.07) is 42.1. The van der Waals surface area contributed by atoms with Crippen molar-refractivity contribution < 1.29 is 38.4 Å². The third-order valence-corrected chi connectivity index (χ3v) is 23.8. The number of carbonyl (C=O) groups excluding carboxylic acids is 8. The smallest absolute Gasteiger partial charge is 0.258 e. The van der Waals surface area contributed by atoms with Crippen molar-refractivity contribution in [2.24, 2.45) is 47.3 Å². The molecule has 0 spiro atoms. The van der Waals surface area contributed by atoms with Gasteiger partial charge in [0.2, 0.25) is 23.6 Å². The van der Waals surface area contributed by atoms with Crippen molar-refractivity contribution in [3.63, 3.8) is 0 Å². The summed E-state index contributed by atoms with van der Waals surface area (Å²) in [5.41, 5.74) is 22.5. The molecule has 4 heterocycles. The van der Waals surface area contributed by atoms with E-state index in [4.69, 9.17) is 0 Å². The van der Waals surface area contributed by atoms with E-state index in [2.05, 4.69) is 254 Å². The van der Waals surface area contributed by atoms with Crippen LogP contribution >= 0.6 is 0 Å². The second-order valence-corrected chi connectivity index (χ2v) is 33.1. The summed E-state index contributed by atoms with van der Waals surface area (Å²) in [5, 5.41) is 0. The molecule has 4 bridgehead atoms. The van der Waals surface area contributed by atoms with Crippen LogP contribution in [0.4, 0.5) is 22.7 Å². The van der Waals surface area contributed by atoms with Gasteiger partial charge in [-0.1, -0.05) is 284 Å². The quantitative estimate of drug-likeness (QED) is 0.0609. The molecule has 12 nitrogen and oxygen atoms in total. The van der Waals surface area contributed by atoms with E-state index in [0.29, 0.717) is 24.2 Å². The molecule has 4 fully saturated rings. The van der Waals surface area contributed by atoms with E-state index >= 15 is 0 Å². The fourth-order valence-electron chi connectivity index (χ4n) is 17.9. The molecule has 0 aromatic heterocycles. The summed E-state index contributed by atoms with van der Waals surface area (Å²) in [7, 11) is 0. The highest BCUT2D eigenvalue weighted by atomic mass is 16.2. The number of hydrogen-bond donors (Lipinski definition) is 0. The Balaban J connectivity index is 0.000000161. The standard InChI is InChI=1S/C39H42N2O4.C29H30N2O4.3C10H12.C5H6/c1-18(2)28-14-22(11-20(5)34(28)40-36(42)30-24-7-8-25(16-24)31(30)37(40)43)13-23-12-21(6)35(29(15-23)19(3)4)41-38(44)32-26-9-10-27(17-26)33(32)39(41)45;1-16(2)22-14-20(11-18(5)28(22)30-24(32)7-8-25(30)33)13-21-12-19(6)29(23(15-21)17(3)4)31-26(34)9-10-27(31)35;3*1-3-9-5-7-10(4-2)8-6-9;1-2-4-5-3-1/h7-12,14-15,18-19,24-27,30-33H,13,16-17H2,1-6H3;7-12,14-17H,13H2,1-6H3;3*3,5-8H,1,4H2,2H3;1-4H,5H2. The minimum Gasteiger partial charge on any atom is -0.274 e. The maximum Gasteiger partial charge on any atom is 0.258 e. The van der Waals surface area contributed by atoms with Crippen molar-refractivity contribution in [3.05, 3.63) is 314 Å². The highest BCUT2D eigenvalue weighted by Crippen LogP contribution is 2.56. The highest BCUT2D eigenvalue weighted by Gasteiger charge is 2.61. The molecule has 0 N–H and O–H groups in total. The summed E-state index contributed by atoms with van der Waals surface area (Å²) >= 11 is 0. The van der Waals surface area contributed by atoms with Gasteiger partial charge in [0.15, 0.2) is 0 Å². The van der Waals surface area contributed by atoms with Crippen LogP contribution in [0.15, 0.2) is 214 Å². The van der Waals surface area contributed by atoms with Gasteiger partial charge in [-0.05, 0) is 227 Å². The Morgan fingerprint density at radius 3 is 0.748 bits per heavy atom. The molecule has 5 aliphatic carbocycles. The number of nitrogens with zero attached hydrogens (tertiary/aromatic N) is 4. The number of hydrogen-bond acceptors (Lipinski definition) is 8. The summed E-state index contributed by atoms with van der Waals surface area (Å²) in [6.07, 6.45) is 35.4. The zero-order chi connectivity index (χ0) is 83.0. The number of carbonyl (C=O) groups is 8. The van der Waals surface area contributed by atoms with E-state index in [9.17, 15) is 38.4 Å². The maximum absolute atomic E-state index is 13.7. The molecule has 594 valence electrons. The molecule has 7 aromatic carbocycles. The number of fused-ring (bicyclic) bond motifs is 10. The van der Waals surface area contributed by atoms with Crippen LogP contribution in [0.5, 0.6) is 0 Å². The number of rotatable bonds is 18. The lowest BCUT2D eigenvalue weighted by Gasteiger charge is -2.26. The maximum atomic E-state index is 13.7. The molecule has 12 heteroatoms. The molecular formula is C103H114N4O8. The van der Waals surface area contributed by atoms with Gasteiger partial charge in [0.05, 0.1) is 46.4 Å². The second kappa shape index (κ2) is 36.9. The van der Waals surface area contributed by atoms with E-state index in [0.717, 1.165) is 117 Å². The van der Waals surface area contributed by atoms with Crippen LogP contribution in [0.1, 0.15) is 219 Å². The third kappa shape index (κ3) is 18.1. The first-order valence-electron chi connectivity index (χ1n) is 41.3. The zero-order valence-electron chi connectivity index (χ0n) is 70.0. The van der Waals surface area contributed by atoms with E-state index in [1.165, 1.54) is 77.3 Å². The minimum absolute atomic E-state index is 0.0358. The van der Waals surface area contributed by atoms with Crippen LogP contribution in [0.3, 0.4) is 0 Å². The molecule has 16 rings (SSSR count). The Hall–Kier alpha value is -11.2. The van der Waals surface area contributed by atoms with Crippen LogP contribution in [0, 0.1) is 75.0 Å². The molecule has 8 unspecified atom stereocenters. The molecule has 7 aromatic rings. The van der Waals surface area contributed by atoms with Crippen molar-refractivity contribution in [3.8, 4) is 0 Å². The van der Waals surface area contributed by atoms with E-state index in [1.54, 1.807) is 0 Å². The molecule has 4 aliphatic heterocycles. The average Bonchev–Trinajstić information content (AvgIpc) is 1.58. The van der Waals surface area contributed by atoms with Gasteiger partial charge < -0.3 is 0 Å². The van der Waals surface area contributed by atoms with Gasteiger partial charge in [0.25, 0.3) is 23.6 Å². The predicted molar refractivity (Wildman–Crippen MR) is 471 cm³/mol. The third-order valence-electron chi connectivity index (χ3n) is 23.8. The van der Waals surface area contributed by atoms with E-state index in [-0.39, 0.29) is 118 Å². The molecular weight excluding hydrogens is 1420 g/mol. The van der Waals surface area contributed by atoms with Gasteiger partial charge >= 0.3 is 0 Å². The van der Waals surface area contributed by atoms with Crippen molar-refractivity contribution in [1.29, 1.82) is 0 Å². The van der Waals surface area contributed by atoms with Crippen LogP contribution < -0.4 is 19.6 Å². The number of anilines is 4. The summed E-state index contributed by atoms with van der Waals surface area (Å²) in [5.74, 6) is -1.09. The van der Waals surface area contributed by atoms with Gasteiger partial charge in [0.1, 0.15) is 0 Å². The van der Waals surface area contributed by atoms with Crippen LogP contribution in [-0.4, -0.2) is 47.3 Å². The lowest BCUT2D eigenvalue weighted by molar-refractivity contribution is -0.124. The highest BCUT2D eigenvalue weighted by molar-refractivity contribution is 6.30. The Kier molecular flexibility index (Phi) is 27.2. The fraction of sp³-hybridized carbons (Fsp3) is 0.340. The molecule has 8 amide bonds. The van der Waals surface area contributed by atoms with Gasteiger partial charge in [-0.15, -0.1) is 0 Å². The van der Waals surface area contributed by atoms with Gasteiger partial charge in [-0.3, -0.25) is 38.4 Å². The Labute approximate surface area is 682 Å². The number of aryl methyl sites for hydroxylation is 7. The fourth-order valence-corrected chi connectivity index (χ4v) is 17.9. The van der Waals surface area contributed by atoms with Crippen molar-refractivity contribution >= 4 is 88.2 Å². The minimum atomic E-state index is -0.318. The first-order chi connectivity index (χ1) is 55.0. The second-order valence-electron chi connectivity index (χ2n) is 33.1. The Bertz CT molecular complexity index is 4670. The number of imide groups is 4. The van der Waals surface area contributed by atoms with Gasteiger partial charge in [-0.25, -0.2) is 19.6 Å². The first-order valence-corrected chi connectivity index (χ1v) is 41.3. The zero-order valence-corrected chi connectivity index (χ0v) is 70.0.